The number of hydrogen-bond acceptors (Lipinski definition) is 3. The Balaban J connectivity index is 2.14. The Morgan fingerprint density at radius 3 is 2.57 bits per heavy atom. The zero-order chi connectivity index (χ0) is 15.5. The van der Waals surface area contributed by atoms with Crippen LogP contribution in [0.4, 0.5) is 15.8 Å². The Kier molecular flexibility index (Phi) is 4.84. The molecule has 0 aliphatic heterocycles. The highest BCUT2D eigenvalue weighted by Crippen LogP contribution is 2.22. The second-order valence-electron chi connectivity index (χ2n) is 4.51. The minimum absolute atomic E-state index is 0.0744. The third-order valence-corrected chi connectivity index (χ3v) is 4.07. The Bertz CT molecular complexity index is 750. The van der Waals surface area contributed by atoms with Gasteiger partial charge in [-0.2, -0.15) is 0 Å². The quantitative estimate of drug-likeness (QED) is 0.843. The molecule has 0 aliphatic rings. The van der Waals surface area contributed by atoms with Crippen LogP contribution in [-0.2, 0) is 16.6 Å². The lowest BCUT2D eigenvalue weighted by Crippen LogP contribution is -2.11. The fraction of sp³-hybridized carbons (Fsp3) is 0.143. The number of anilines is 2. The zero-order valence-corrected chi connectivity index (χ0v) is 13.6. The molecule has 0 heterocycles. The van der Waals surface area contributed by atoms with Gasteiger partial charge in [0.2, 0.25) is 10.0 Å². The van der Waals surface area contributed by atoms with Gasteiger partial charge in [0, 0.05) is 16.7 Å². The molecule has 2 N–H and O–H groups in total. The smallest absolute Gasteiger partial charge is 0.229 e. The molecule has 0 saturated carbocycles. The molecule has 2 rings (SSSR count). The molecule has 2 aromatic rings. The van der Waals surface area contributed by atoms with Crippen LogP contribution < -0.4 is 10.0 Å². The molecule has 0 saturated heterocycles. The third-order valence-electron chi connectivity index (χ3n) is 2.70. The zero-order valence-electron chi connectivity index (χ0n) is 11.2. The largest absolute Gasteiger partial charge is 0.381 e. The maximum Gasteiger partial charge on any atom is 0.229 e. The van der Waals surface area contributed by atoms with E-state index >= 15 is 0 Å². The van der Waals surface area contributed by atoms with Gasteiger partial charge in [-0.1, -0.05) is 34.1 Å². The van der Waals surface area contributed by atoms with Crippen molar-refractivity contribution in [3.05, 3.63) is 58.3 Å². The summed E-state index contributed by atoms with van der Waals surface area (Å²) in [4.78, 5) is 0. The second kappa shape index (κ2) is 6.44. The fourth-order valence-corrected chi connectivity index (χ4v) is 2.73. The summed E-state index contributed by atoms with van der Waals surface area (Å²) in [5, 5.41) is 3.12. The molecule has 0 spiro atoms. The molecule has 0 amide bonds. The monoisotopic (exact) mass is 372 g/mol. The van der Waals surface area contributed by atoms with Crippen LogP contribution in [0.1, 0.15) is 5.56 Å². The highest BCUT2D eigenvalue weighted by atomic mass is 79.9. The van der Waals surface area contributed by atoms with E-state index in [0.29, 0.717) is 12.2 Å². The number of sulfonamides is 1. The van der Waals surface area contributed by atoms with Crippen molar-refractivity contribution in [1.82, 2.24) is 0 Å². The minimum Gasteiger partial charge on any atom is -0.381 e. The van der Waals surface area contributed by atoms with E-state index in [2.05, 4.69) is 26.0 Å². The summed E-state index contributed by atoms with van der Waals surface area (Å²) in [5.41, 5.74) is 1.59. The predicted molar refractivity (Wildman–Crippen MR) is 86.3 cm³/mol. The van der Waals surface area contributed by atoms with Crippen LogP contribution in [0.15, 0.2) is 46.9 Å². The maximum absolute atomic E-state index is 13.6. The van der Waals surface area contributed by atoms with Gasteiger partial charge in [0.25, 0.3) is 0 Å². The van der Waals surface area contributed by atoms with Crippen molar-refractivity contribution >= 4 is 37.3 Å². The van der Waals surface area contributed by atoms with Crippen molar-refractivity contribution < 1.29 is 12.8 Å². The molecule has 0 aliphatic carbocycles. The summed E-state index contributed by atoms with van der Waals surface area (Å²) in [6, 6.07) is 11.9. The van der Waals surface area contributed by atoms with Gasteiger partial charge in [0.15, 0.2) is 0 Å². The number of hydrogen-bond donors (Lipinski definition) is 2. The van der Waals surface area contributed by atoms with Crippen LogP contribution in [0.3, 0.4) is 0 Å². The van der Waals surface area contributed by atoms with Gasteiger partial charge in [-0.15, -0.1) is 0 Å². The van der Waals surface area contributed by atoms with Gasteiger partial charge >= 0.3 is 0 Å². The average molecular weight is 373 g/mol. The van der Waals surface area contributed by atoms with Crippen molar-refractivity contribution in [2.75, 3.05) is 16.3 Å². The molecule has 21 heavy (non-hydrogen) atoms. The first kappa shape index (κ1) is 15.8. The van der Waals surface area contributed by atoms with Gasteiger partial charge in [-0.3, -0.25) is 4.72 Å². The van der Waals surface area contributed by atoms with Crippen molar-refractivity contribution in [2.24, 2.45) is 0 Å². The molecule has 112 valence electrons. The predicted octanol–water partition coefficient (Wildman–Crippen LogP) is 3.57. The first-order valence-corrected chi connectivity index (χ1v) is 8.78. The normalized spacial score (nSPS) is 11.2. The second-order valence-corrected chi connectivity index (χ2v) is 7.12. The molecule has 0 atom stereocenters. The van der Waals surface area contributed by atoms with Crippen molar-refractivity contribution in [2.45, 2.75) is 6.54 Å². The van der Waals surface area contributed by atoms with Gasteiger partial charge in [-0.05, 0) is 29.8 Å². The van der Waals surface area contributed by atoms with E-state index in [1.807, 2.05) is 24.3 Å². The van der Waals surface area contributed by atoms with E-state index in [1.165, 1.54) is 12.1 Å². The van der Waals surface area contributed by atoms with Crippen molar-refractivity contribution in [1.29, 1.82) is 0 Å². The summed E-state index contributed by atoms with van der Waals surface area (Å²) in [6.07, 6.45) is 0.980. The molecule has 4 nitrogen and oxygen atoms in total. The molecule has 0 unspecified atom stereocenters. The van der Waals surface area contributed by atoms with Crippen LogP contribution in [0.2, 0.25) is 0 Å². The molecule has 7 heteroatoms. The first-order valence-electron chi connectivity index (χ1n) is 6.10. The maximum atomic E-state index is 13.6. The van der Waals surface area contributed by atoms with E-state index in [9.17, 15) is 12.8 Å². The van der Waals surface area contributed by atoms with Crippen molar-refractivity contribution in [3.63, 3.8) is 0 Å². The first-order chi connectivity index (χ1) is 9.85. The summed E-state index contributed by atoms with van der Waals surface area (Å²) in [7, 11) is -3.52. The average Bonchev–Trinajstić information content (AvgIpc) is 2.39. The van der Waals surface area contributed by atoms with E-state index < -0.39 is 15.8 Å². The third kappa shape index (κ3) is 4.71. The molecular weight excluding hydrogens is 359 g/mol. The Labute approximate surface area is 131 Å². The molecule has 0 radical (unpaired) electrons. The molecule has 0 bridgehead atoms. The summed E-state index contributed by atoms with van der Waals surface area (Å²) in [6.45, 7) is 0.533. The van der Waals surface area contributed by atoms with Crippen LogP contribution in [-0.4, -0.2) is 14.7 Å². The summed E-state index contributed by atoms with van der Waals surface area (Å²) >= 11 is 3.44. The standard InChI is InChI=1S/C14H14BrFN2O2S/c1-21(19,20)18-14-8-11(6-7-13(14)16)17-9-10-4-2-3-5-12(10)15/h2-8,17-18H,9H2,1H3. The number of rotatable bonds is 5. The highest BCUT2D eigenvalue weighted by Gasteiger charge is 2.08. The molecule has 0 fully saturated rings. The van der Waals surface area contributed by atoms with Gasteiger partial charge < -0.3 is 5.32 Å². The number of nitrogens with one attached hydrogen (secondary N) is 2. The summed E-state index contributed by atoms with van der Waals surface area (Å²) in [5.74, 6) is -0.619. The summed E-state index contributed by atoms with van der Waals surface area (Å²) < 4.78 is 39.0. The minimum atomic E-state index is -3.52. The van der Waals surface area contributed by atoms with Crippen LogP contribution >= 0.6 is 15.9 Å². The van der Waals surface area contributed by atoms with E-state index in [0.717, 1.165) is 16.3 Å². The van der Waals surface area contributed by atoms with Crippen LogP contribution in [0, 0.1) is 5.82 Å². The van der Waals surface area contributed by atoms with Crippen LogP contribution in [0.5, 0.6) is 0 Å². The topological polar surface area (TPSA) is 58.2 Å². The molecule has 2 aromatic carbocycles. The Morgan fingerprint density at radius 1 is 1.19 bits per heavy atom. The number of halogens is 2. The Morgan fingerprint density at radius 2 is 1.90 bits per heavy atom. The van der Waals surface area contributed by atoms with Crippen molar-refractivity contribution in [3.8, 4) is 0 Å². The van der Waals surface area contributed by atoms with E-state index in [1.54, 1.807) is 6.07 Å². The van der Waals surface area contributed by atoms with Crippen LogP contribution in [0.25, 0.3) is 0 Å². The lowest BCUT2D eigenvalue weighted by atomic mass is 10.2. The lowest BCUT2D eigenvalue weighted by Gasteiger charge is -2.11. The number of benzene rings is 2. The highest BCUT2D eigenvalue weighted by molar-refractivity contribution is 9.10. The fourth-order valence-electron chi connectivity index (χ4n) is 1.75. The van der Waals surface area contributed by atoms with E-state index in [4.69, 9.17) is 0 Å². The molecular formula is C14H14BrFN2O2S. The Hall–Kier alpha value is -1.60. The van der Waals surface area contributed by atoms with Gasteiger partial charge in [0.1, 0.15) is 5.82 Å². The van der Waals surface area contributed by atoms with Gasteiger partial charge in [0.05, 0.1) is 11.9 Å². The molecule has 0 aromatic heterocycles. The SMILES string of the molecule is CS(=O)(=O)Nc1cc(NCc2ccccc2Br)ccc1F. The lowest BCUT2D eigenvalue weighted by molar-refractivity contribution is 0.604. The van der Waals surface area contributed by atoms with E-state index in [-0.39, 0.29) is 5.69 Å². The van der Waals surface area contributed by atoms with Gasteiger partial charge in [-0.25, -0.2) is 12.8 Å².